The van der Waals surface area contributed by atoms with Crippen LogP contribution < -0.4 is 10.5 Å². The number of halogens is 1. The number of nitrogens with two attached hydrogens (primary N) is 1. The van der Waals surface area contributed by atoms with E-state index in [0.29, 0.717) is 11.9 Å². The number of primary sulfonamides is 1. The van der Waals surface area contributed by atoms with Gasteiger partial charge in [0.15, 0.2) is 0 Å². The van der Waals surface area contributed by atoms with E-state index in [-0.39, 0.29) is 17.2 Å². The van der Waals surface area contributed by atoms with Gasteiger partial charge in [-0.05, 0) is 48.9 Å². The van der Waals surface area contributed by atoms with Crippen LogP contribution in [-0.4, -0.2) is 23.9 Å². The molecule has 0 saturated heterocycles. The number of hydrogen-bond acceptors (Lipinski definition) is 4. The SMILES string of the molecule is CCCn1c(CCC(=O)Nc2ccc(Br)cc2)nc2cc(S(N)(=O)=O)ccc21. The molecule has 3 rings (SSSR count). The molecule has 0 atom stereocenters. The number of nitrogens with zero attached hydrogens (tertiary/aromatic N) is 2. The highest BCUT2D eigenvalue weighted by Crippen LogP contribution is 2.22. The second-order valence-electron chi connectivity index (χ2n) is 6.43. The third-order valence-corrected chi connectivity index (χ3v) is 5.72. The van der Waals surface area contributed by atoms with Gasteiger partial charge in [-0.15, -0.1) is 0 Å². The number of aromatic nitrogens is 2. The van der Waals surface area contributed by atoms with Gasteiger partial charge in [-0.25, -0.2) is 18.5 Å². The van der Waals surface area contributed by atoms with Gasteiger partial charge in [0.05, 0.1) is 15.9 Å². The van der Waals surface area contributed by atoms with Gasteiger partial charge in [0, 0.05) is 29.5 Å². The second kappa shape index (κ2) is 8.42. The Morgan fingerprint density at radius 2 is 1.93 bits per heavy atom. The molecule has 3 aromatic rings. The fourth-order valence-corrected chi connectivity index (χ4v) is 3.78. The van der Waals surface area contributed by atoms with Crippen LogP contribution in [-0.2, 0) is 27.8 Å². The van der Waals surface area contributed by atoms with E-state index in [1.165, 1.54) is 12.1 Å². The van der Waals surface area contributed by atoms with Crippen molar-refractivity contribution in [2.45, 2.75) is 37.6 Å². The zero-order valence-electron chi connectivity index (χ0n) is 15.4. The van der Waals surface area contributed by atoms with Crippen LogP contribution in [0.25, 0.3) is 11.0 Å². The third kappa shape index (κ3) is 4.78. The number of anilines is 1. The monoisotopic (exact) mass is 464 g/mol. The van der Waals surface area contributed by atoms with Crippen LogP contribution in [0.4, 0.5) is 5.69 Å². The summed E-state index contributed by atoms with van der Waals surface area (Å²) in [6, 6.07) is 12.0. The van der Waals surface area contributed by atoms with E-state index in [2.05, 4.69) is 33.2 Å². The minimum atomic E-state index is -3.79. The first kappa shape index (κ1) is 20.5. The van der Waals surface area contributed by atoms with Crippen molar-refractivity contribution < 1.29 is 13.2 Å². The summed E-state index contributed by atoms with van der Waals surface area (Å²) < 4.78 is 26.1. The number of carbonyl (C=O) groups is 1. The first-order valence-corrected chi connectivity index (χ1v) is 11.2. The molecule has 1 heterocycles. The van der Waals surface area contributed by atoms with E-state index in [9.17, 15) is 13.2 Å². The Kier molecular flexibility index (Phi) is 6.17. The van der Waals surface area contributed by atoms with Crippen molar-refractivity contribution in [1.29, 1.82) is 0 Å². The van der Waals surface area contributed by atoms with Crippen molar-refractivity contribution in [2.24, 2.45) is 5.14 Å². The van der Waals surface area contributed by atoms with Gasteiger partial charge < -0.3 is 9.88 Å². The average molecular weight is 465 g/mol. The van der Waals surface area contributed by atoms with Crippen LogP contribution in [0.5, 0.6) is 0 Å². The lowest BCUT2D eigenvalue weighted by atomic mass is 10.2. The molecule has 0 bridgehead atoms. The highest BCUT2D eigenvalue weighted by Gasteiger charge is 2.15. The van der Waals surface area contributed by atoms with Crippen molar-refractivity contribution in [3.05, 3.63) is 52.8 Å². The predicted octanol–water partition coefficient (Wildman–Crippen LogP) is 3.43. The summed E-state index contributed by atoms with van der Waals surface area (Å²) in [5, 5.41) is 8.08. The van der Waals surface area contributed by atoms with Crippen LogP contribution in [0.2, 0.25) is 0 Å². The lowest BCUT2D eigenvalue weighted by Gasteiger charge is -2.08. The van der Waals surface area contributed by atoms with E-state index in [0.717, 1.165) is 34.5 Å². The quantitative estimate of drug-likeness (QED) is 0.558. The van der Waals surface area contributed by atoms with Crippen molar-refractivity contribution in [1.82, 2.24) is 9.55 Å². The molecule has 0 radical (unpaired) electrons. The number of sulfonamides is 1. The van der Waals surface area contributed by atoms with E-state index in [1.807, 2.05) is 28.8 Å². The number of hydrogen-bond donors (Lipinski definition) is 2. The number of amides is 1. The van der Waals surface area contributed by atoms with Crippen molar-refractivity contribution in [3.8, 4) is 0 Å². The molecule has 1 amide bonds. The largest absolute Gasteiger partial charge is 0.328 e. The number of carbonyl (C=O) groups excluding carboxylic acids is 1. The number of aryl methyl sites for hydroxylation is 2. The number of nitrogens with one attached hydrogen (secondary N) is 1. The summed E-state index contributed by atoms with van der Waals surface area (Å²) in [7, 11) is -3.79. The molecule has 0 spiro atoms. The highest BCUT2D eigenvalue weighted by molar-refractivity contribution is 9.10. The standard InChI is InChI=1S/C19H21BrN4O3S/c1-2-11-24-17-8-7-15(28(21,26)27)12-16(17)23-18(24)9-10-19(25)22-14-5-3-13(20)4-6-14/h3-8,12H,2,9-11H2,1H3,(H,22,25)(H2,21,26,27). The van der Waals surface area contributed by atoms with Crippen LogP contribution >= 0.6 is 15.9 Å². The molecule has 9 heteroatoms. The first-order chi connectivity index (χ1) is 13.3. The van der Waals surface area contributed by atoms with Gasteiger partial charge in [-0.3, -0.25) is 4.79 Å². The van der Waals surface area contributed by atoms with Crippen LogP contribution in [0.15, 0.2) is 51.8 Å². The fraction of sp³-hybridized carbons (Fsp3) is 0.263. The molecule has 7 nitrogen and oxygen atoms in total. The van der Waals surface area contributed by atoms with Crippen LogP contribution in [0, 0.1) is 0 Å². The number of imidazole rings is 1. The summed E-state index contributed by atoms with van der Waals surface area (Å²) in [5.41, 5.74) is 2.12. The van der Waals surface area contributed by atoms with Crippen molar-refractivity contribution in [3.63, 3.8) is 0 Å². The summed E-state index contributed by atoms with van der Waals surface area (Å²) >= 11 is 3.36. The Morgan fingerprint density at radius 1 is 1.21 bits per heavy atom. The molecule has 148 valence electrons. The van der Waals surface area contributed by atoms with E-state index in [4.69, 9.17) is 5.14 Å². The molecule has 0 fully saturated rings. The Labute approximate surface area is 172 Å². The molecule has 0 aliphatic heterocycles. The number of rotatable bonds is 7. The summed E-state index contributed by atoms with van der Waals surface area (Å²) in [5.74, 6) is 0.636. The Morgan fingerprint density at radius 3 is 2.57 bits per heavy atom. The lowest BCUT2D eigenvalue weighted by Crippen LogP contribution is -2.14. The Hall–Kier alpha value is -2.23. The second-order valence-corrected chi connectivity index (χ2v) is 8.91. The molecule has 0 saturated carbocycles. The number of fused-ring (bicyclic) bond motifs is 1. The fourth-order valence-electron chi connectivity index (χ4n) is 2.98. The maximum Gasteiger partial charge on any atom is 0.238 e. The molecule has 2 aromatic carbocycles. The topological polar surface area (TPSA) is 107 Å². The zero-order valence-corrected chi connectivity index (χ0v) is 17.8. The van der Waals surface area contributed by atoms with Gasteiger partial charge in [-0.2, -0.15) is 0 Å². The predicted molar refractivity (Wildman–Crippen MR) is 112 cm³/mol. The van der Waals surface area contributed by atoms with Crippen LogP contribution in [0.1, 0.15) is 25.6 Å². The molecule has 0 aliphatic rings. The maximum atomic E-state index is 12.3. The van der Waals surface area contributed by atoms with E-state index >= 15 is 0 Å². The molecule has 0 aliphatic carbocycles. The average Bonchev–Trinajstić information content (AvgIpc) is 2.98. The third-order valence-electron chi connectivity index (χ3n) is 4.28. The van der Waals surface area contributed by atoms with Gasteiger partial charge in [0.25, 0.3) is 0 Å². The minimum absolute atomic E-state index is 0.0284. The van der Waals surface area contributed by atoms with E-state index < -0.39 is 10.0 Å². The van der Waals surface area contributed by atoms with E-state index in [1.54, 1.807) is 6.07 Å². The van der Waals surface area contributed by atoms with Crippen molar-refractivity contribution >= 4 is 48.6 Å². The molecular weight excluding hydrogens is 444 g/mol. The molecule has 3 N–H and O–H groups in total. The summed E-state index contributed by atoms with van der Waals surface area (Å²) in [6.45, 7) is 2.78. The first-order valence-electron chi connectivity index (χ1n) is 8.85. The molecular formula is C19H21BrN4O3S. The normalized spacial score (nSPS) is 11.7. The maximum absolute atomic E-state index is 12.3. The highest BCUT2D eigenvalue weighted by atomic mass is 79.9. The summed E-state index contributed by atoms with van der Waals surface area (Å²) in [4.78, 5) is 16.9. The van der Waals surface area contributed by atoms with Crippen LogP contribution in [0.3, 0.4) is 0 Å². The van der Waals surface area contributed by atoms with Gasteiger partial charge in [0.2, 0.25) is 15.9 Å². The molecule has 0 unspecified atom stereocenters. The number of benzene rings is 2. The molecule has 28 heavy (non-hydrogen) atoms. The van der Waals surface area contributed by atoms with Gasteiger partial charge >= 0.3 is 0 Å². The van der Waals surface area contributed by atoms with Crippen molar-refractivity contribution in [2.75, 3.05) is 5.32 Å². The zero-order chi connectivity index (χ0) is 20.3. The molecule has 1 aromatic heterocycles. The Bertz CT molecular complexity index is 1110. The summed E-state index contributed by atoms with van der Waals surface area (Å²) in [6.07, 6.45) is 1.60. The smallest absolute Gasteiger partial charge is 0.238 e. The van der Waals surface area contributed by atoms with Gasteiger partial charge in [-0.1, -0.05) is 22.9 Å². The minimum Gasteiger partial charge on any atom is -0.328 e. The lowest BCUT2D eigenvalue weighted by molar-refractivity contribution is -0.116. The van der Waals surface area contributed by atoms with Gasteiger partial charge in [0.1, 0.15) is 5.82 Å². The Balaban J connectivity index is 1.80.